The van der Waals surface area contributed by atoms with Crippen LogP contribution in [0, 0.1) is 0 Å². The van der Waals surface area contributed by atoms with Gasteiger partial charge in [0.25, 0.3) is 0 Å². The first-order valence-corrected chi connectivity index (χ1v) is 8.78. The molecule has 21 heavy (non-hydrogen) atoms. The molecule has 1 unspecified atom stereocenters. The van der Waals surface area contributed by atoms with E-state index in [-0.39, 0.29) is 24.2 Å². The summed E-state index contributed by atoms with van der Waals surface area (Å²) in [6.07, 6.45) is 1.77. The van der Waals surface area contributed by atoms with Crippen LogP contribution in [0.3, 0.4) is 0 Å². The van der Waals surface area contributed by atoms with Crippen LogP contribution in [0.2, 0.25) is 5.02 Å². The lowest BCUT2D eigenvalue weighted by Gasteiger charge is -2.28. The number of rotatable bonds is 6. The lowest BCUT2D eigenvalue weighted by molar-refractivity contribution is -0.131. The van der Waals surface area contributed by atoms with Gasteiger partial charge < -0.3 is 9.08 Å². The molecule has 0 bridgehead atoms. The number of benzene rings is 1. The van der Waals surface area contributed by atoms with E-state index in [9.17, 15) is 13.2 Å². The summed E-state index contributed by atoms with van der Waals surface area (Å²) in [5.74, 6) is 0.103. The highest BCUT2D eigenvalue weighted by Gasteiger charge is 2.19. The Hall–Kier alpha value is -1.27. The quantitative estimate of drug-likeness (QED) is 0.751. The van der Waals surface area contributed by atoms with Gasteiger partial charge in [0.15, 0.2) is 0 Å². The van der Waals surface area contributed by atoms with Gasteiger partial charge in [0, 0.05) is 30.1 Å². The van der Waals surface area contributed by atoms with Crippen molar-refractivity contribution in [3.05, 3.63) is 28.8 Å². The number of halogens is 1. The van der Waals surface area contributed by atoms with Crippen LogP contribution in [-0.4, -0.2) is 31.5 Å². The molecule has 0 aliphatic rings. The van der Waals surface area contributed by atoms with Gasteiger partial charge in [-0.2, -0.15) is 8.42 Å². The predicted octanol–water partition coefficient (Wildman–Crippen LogP) is 2.83. The smallest absolute Gasteiger partial charge is 0.306 e. The molecule has 1 amide bonds. The van der Waals surface area contributed by atoms with E-state index >= 15 is 0 Å². The summed E-state index contributed by atoms with van der Waals surface area (Å²) in [5, 5.41) is 0.457. The Morgan fingerprint density at radius 3 is 2.52 bits per heavy atom. The fraction of sp³-hybridized carbons (Fsp3) is 0.500. The number of carbonyl (C=O) groups is 1. The zero-order valence-corrected chi connectivity index (χ0v) is 14.2. The van der Waals surface area contributed by atoms with E-state index in [1.807, 2.05) is 13.8 Å². The van der Waals surface area contributed by atoms with E-state index in [0.717, 1.165) is 12.7 Å². The minimum atomic E-state index is -3.64. The fourth-order valence-electron chi connectivity index (χ4n) is 1.90. The highest BCUT2D eigenvalue weighted by Crippen LogP contribution is 2.26. The molecule has 0 N–H and O–H groups in total. The summed E-state index contributed by atoms with van der Waals surface area (Å²) < 4.78 is 27.6. The Morgan fingerprint density at radius 2 is 2.05 bits per heavy atom. The van der Waals surface area contributed by atoms with Crippen LogP contribution in [0.5, 0.6) is 5.75 Å². The summed E-state index contributed by atoms with van der Waals surface area (Å²) in [7, 11) is -3.64. The molecule has 0 aliphatic carbocycles. The Bertz CT molecular complexity index is 615. The molecule has 1 aromatic carbocycles. The number of hydrogen-bond donors (Lipinski definition) is 0. The average Bonchev–Trinajstić information content (AvgIpc) is 2.36. The summed E-state index contributed by atoms with van der Waals surface area (Å²) in [6, 6.07) is 4.69. The van der Waals surface area contributed by atoms with Crippen LogP contribution in [0.4, 0.5) is 0 Å². The van der Waals surface area contributed by atoms with E-state index in [0.29, 0.717) is 10.6 Å². The third-order valence-electron chi connectivity index (χ3n) is 3.13. The monoisotopic (exact) mass is 333 g/mol. The van der Waals surface area contributed by atoms with Crippen molar-refractivity contribution in [2.75, 3.05) is 6.26 Å². The van der Waals surface area contributed by atoms with Crippen molar-refractivity contribution in [1.82, 2.24) is 4.90 Å². The molecular weight excluding hydrogens is 314 g/mol. The van der Waals surface area contributed by atoms with Crippen molar-refractivity contribution in [2.45, 2.75) is 39.8 Å². The molecule has 1 rings (SSSR count). The van der Waals surface area contributed by atoms with E-state index in [2.05, 4.69) is 0 Å². The normalized spacial score (nSPS) is 12.8. The van der Waals surface area contributed by atoms with Crippen molar-refractivity contribution in [3.63, 3.8) is 0 Å². The molecule has 0 saturated carbocycles. The predicted molar refractivity (Wildman–Crippen MR) is 82.9 cm³/mol. The number of nitrogens with zero attached hydrogens (tertiary/aromatic N) is 1. The highest BCUT2D eigenvalue weighted by atomic mass is 35.5. The van der Waals surface area contributed by atoms with Crippen molar-refractivity contribution in [1.29, 1.82) is 0 Å². The van der Waals surface area contributed by atoms with Gasteiger partial charge in [-0.3, -0.25) is 4.79 Å². The van der Waals surface area contributed by atoms with E-state index < -0.39 is 10.1 Å². The maximum absolute atomic E-state index is 11.8. The maximum atomic E-state index is 11.8. The van der Waals surface area contributed by atoms with Gasteiger partial charge in [-0.05, 0) is 31.5 Å². The summed E-state index contributed by atoms with van der Waals surface area (Å²) in [5.41, 5.74) is 0.559. The molecule has 1 atom stereocenters. The van der Waals surface area contributed by atoms with Crippen molar-refractivity contribution >= 4 is 27.6 Å². The lowest BCUT2D eigenvalue weighted by atomic mass is 10.1. The van der Waals surface area contributed by atoms with Crippen molar-refractivity contribution < 1.29 is 17.4 Å². The second-order valence-corrected chi connectivity index (χ2v) is 6.96. The van der Waals surface area contributed by atoms with Gasteiger partial charge in [0.05, 0.1) is 6.26 Å². The minimum absolute atomic E-state index is 0.0348. The van der Waals surface area contributed by atoms with E-state index in [1.165, 1.54) is 13.0 Å². The SMILES string of the molecule is CCC(C)N(Cc1cc(Cl)ccc1OS(C)(=O)=O)C(C)=O. The number of amides is 1. The van der Waals surface area contributed by atoms with Crippen LogP contribution in [0.1, 0.15) is 32.8 Å². The zero-order chi connectivity index (χ0) is 16.2. The van der Waals surface area contributed by atoms with Gasteiger partial charge in [0.2, 0.25) is 5.91 Å². The third-order valence-corrected chi connectivity index (χ3v) is 3.85. The lowest BCUT2D eigenvalue weighted by Crippen LogP contribution is -2.36. The average molecular weight is 334 g/mol. The minimum Gasteiger partial charge on any atom is -0.382 e. The molecule has 0 saturated heterocycles. The number of hydrogen-bond acceptors (Lipinski definition) is 4. The molecule has 0 spiro atoms. The molecule has 5 nitrogen and oxygen atoms in total. The second kappa shape index (κ2) is 7.13. The fourth-order valence-corrected chi connectivity index (χ4v) is 2.58. The second-order valence-electron chi connectivity index (χ2n) is 4.94. The van der Waals surface area contributed by atoms with Crippen LogP contribution < -0.4 is 4.18 Å². The maximum Gasteiger partial charge on any atom is 0.306 e. The molecule has 0 aromatic heterocycles. The highest BCUT2D eigenvalue weighted by molar-refractivity contribution is 7.86. The third kappa shape index (κ3) is 5.55. The van der Waals surface area contributed by atoms with Crippen LogP contribution in [0.15, 0.2) is 18.2 Å². The first kappa shape index (κ1) is 17.8. The van der Waals surface area contributed by atoms with Crippen LogP contribution in [-0.2, 0) is 21.5 Å². The zero-order valence-electron chi connectivity index (χ0n) is 12.6. The topological polar surface area (TPSA) is 63.7 Å². The molecular formula is C14H20ClNO4S. The standard InChI is InChI=1S/C14H20ClNO4S/c1-5-10(2)16(11(3)17)9-12-8-13(15)6-7-14(12)20-21(4,18)19/h6-8,10H,5,9H2,1-4H3. The van der Waals surface area contributed by atoms with Gasteiger partial charge in [-0.25, -0.2) is 0 Å². The molecule has 0 aliphatic heterocycles. The molecule has 0 heterocycles. The summed E-state index contributed by atoms with van der Waals surface area (Å²) in [4.78, 5) is 13.4. The van der Waals surface area contributed by atoms with E-state index in [1.54, 1.807) is 17.0 Å². The van der Waals surface area contributed by atoms with Gasteiger partial charge in [-0.15, -0.1) is 0 Å². The molecule has 0 radical (unpaired) electrons. The van der Waals surface area contributed by atoms with Crippen molar-refractivity contribution in [3.8, 4) is 5.75 Å². The van der Waals surface area contributed by atoms with Crippen LogP contribution >= 0.6 is 11.6 Å². The summed E-state index contributed by atoms with van der Waals surface area (Å²) in [6.45, 7) is 5.64. The Labute approximate surface area is 131 Å². The first-order chi connectivity index (χ1) is 9.64. The summed E-state index contributed by atoms with van der Waals surface area (Å²) >= 11 is 5.96. The Morgan fingerprint density at radius 1 is 1.43 bits per heavy atom. The van der Waals surface area contributed by atoms with Gasteiger partial charge in [-0.1, -0.05) is 18.5 Å². The Kier molecular flexibility index (Phi) is 6.04. The van der Waals surface area contributed by atoms with E-state index in [4.69, 9.17) is 15.8 Å². The molecule has 1 aromatic rings. The van der Waals surface area contributed by atoms with Crippen LogP contribution in [0.25, 0.3) is 0 Å². The largest absolute Gasteiger partial charge is 0.382 e. The molecule has 7 heteroatoms. The Balaban J connectivity index is 3.15. The van der Waals surface area contributed by atoms with Gasteiger partial charge >= 0.3 is 10.1 Å². The van der Waals surface area contributed by atoms with Crippen molar-refractivity contribution in [2.24, 2.45) is 0 Å². The molecule has 0 fully saturated rings. The first-order valence-electron chi connectivity index (χ1n) is 6.59. The molecule has 118 valence electrons. The number of carbonyl (C=O) groups excluding carboxylic acids is 1. The van der Waals surface area contributed by atoms with Gasteiger partial charge in [0.1, 0.15) is 5.75 Å².